The van der Waals surface area contributed by atoms with Crippen LogP contribution in [0.4, 0.5) is 0 Å². The molecule has 0 aliphatic rings. The summed E-state index contributed by atoms with van der Waals surface area (Å²) < 4.78 is 1.06. The van der Waals surface area contributed by atoms with E-state index in [4.69, 9.17) is 5.11 Å². The number of rotatable bonds is 14. The molecular formula is C16H40N5O+. The van der Waals surface area contributed by atoms with Crippen LogP contribution in [-0.4, -0.2) is 132 Å². The van der Waals surface area contributed by atoms with E-state index in [-0.39, 0.29) is 6.61 Å². The predicted octanol–water partition coefficient (Wildman–Crippen LogP) is -0.930. The second-order valence-corrected chi connectivity index (χ2v) is 7.12. The van der Waals surface area contributed by atoms with E-state index in [1.807, 2.05) is 7.05 Å². The van der Waals surface area contributed by atoms with Crippen LogP contribution in [-0.2, 0) is 0 Å². The van der Waals surface area contributed by atoms with Gasteiger partial charge < -0.3 is 24.7 Å². The van der Waals surface area contributed by atoms with Gasteiger partial charge in [-0.05, 0) is 28.2 Å². The summed E-state index contributed by atoms with van der Waals surface area (Å²) in [4.78, 5) is 6.96. The molecule has 0 heterocycles. The summed E-state index contributed by atoms with van der Waals surface area (Å²) in [6.07, 6.45) is 0. The van der Waals surface area contributed by atoms with Gasteiger partial charge in [0, 0.05) is 45.8 Å². The summed E-state index contributed by atoms with van der Waals surface area (Å²) in [5.41, 5.74) is 0. The standard InChI is InChI=1S/C16H40N5O/c1-17-7-14-21(5,6)15-12-19(3)10-8-18(2)9-11-20(4)13-16-22/h17,22H,7-16H2,1-6H3/q+1. The Morgan fingerprint density at radius 3 is 1.68 bits per heavy atom. The zero-order valence-electron chi connectivity index (χ0n) is 15.8. The first-order chi connectivity index (χ1) is 10.3. The molecule has 0 aliphatic heterocycles. The topological polar surface area (TPSA) is 42.0 Å². The molecule has 0 aromatic carbocycles. The summed E-state index contributed by atoms with van der Waals surface area (Å²) in [6, 6.07) is 0. The Hall–Kier alpha value is -0.240. The first-order valence-corrected chi connectivity index (χ1v) is 8.44. The van der Waals surface area contributed by atoms with Crippen LogP contribution in [0.3, 0.4) is 0 Å². The van der Waals surface area contributed by atoms with Gasteiger partial charge in [0.1, 0.15) is 0 Å². The van der Waals surface area contributed by atoms with Gasteiger partial charge in [0.25, 0.3) is 0 Å². The summed E-state index contributed by atoms with van der Waals surface area (Å²) in [6.45, 7) is 9.80. The average molecular weight is 319 g/mol. The van der Waals surface area contributed by atoms with E-state index < -0.39 is 0 Å². The van der Waals surface area contributed by atoms with E-state index in [2.05, 4.69) is 55.3 Å². The third kappa shape index (κ3) is 12.3. The number of nitrogens with one attached hydrogen (secondary N) is 1. The highest BCUT2D eigenvalue weighted by Crippen LogP contribution is 1.97. The molecule has 6 nitrogen and oxygen atoms in total. The number of aliphatic hydroxyl groups excluding tert-OH is 1. The molecule has 2 N–H and O–H groups in total. The monoisotopic (exact) mass is 318 g/mol. The van der Waals surface area contributed by atoms with Crippen molar-refractivity contribution in [2.75, 3.05) is 108 Å². The van der Waals surface area contributed by atoms with Crippen molar-refractivity contribution in [1.82, 2.24) is 20.0 Å². The van der Waals surface area contributed by atoms with Gasteiger partial charge >= 0.3 is 0 Å². The number of quaternary nitrogens is 1. The van der Waals surface area contributed by atoms with E-state index >= 15 is 0 Å². The van der Waals surface area contributed by atoms with Crippen molar-refractivity contribution >= 4 is 0 Å². The van der Waals surface area contributed by atoms with Crippen molar-refractivity contribution in [3.05, 3.63) is 0 Å². The fraction of sp³-hybridized carbons (Fsp3) is 1.00. The van der Waals surface area contributed by atoms with Crippen molar-refractivity contribution in [3.63, 3.8) is 0 Å². The van der Waals surface area contributed by atoms with Crippen LogP contribution in [0.25, 0.3) is 0 Å². The summed E-state index contributed by atoms with van der Waals surface area (Å²) >= 11 is 0. The maximum Gasteiger partial charge on any atom is 0.0912 e. The quantitative estimate of drug-likeness (QED) is 0.405. The lowest BCUT2D eigenvalue weighted by atomic mass is 10.4. The maximum atomic E-state index is 8.89. The van der Waals surface area contributed by atoms with Crippen molar-refractivity contribution < 1.29 is 9.59 Å². The Morgan fingerprint density at radius 2 is 1.23 bits per heavy atom. The number of hydrogen-bond acceptors (Lipinski definition) is 5. The maximum absolute atomic E-state index is 8.89. The SMILES string of the molecule is CNCC[N+](C)(C)CCN(C)CCN(C)CCN(C)CCO. The second kappa shape index (κ2) is 12.2. The largest absolute Gasteiger partial charge is 0.395 e. The molecule has 0 atom stereocenters. The third-order valence-corrected chi connectivity index (χ3v) is 4.26. The first kappa shape index (κ1) is 21.8. The lowest BCUT2D eigenvalue weighted by Crippen LogP contribution is -2.48. The molecule has 0 fully saturated rings. The van der Waals surface area contributed by atoms with Gasteiger partial charge in [-0.2, -0.15) is 0 Å². The van der Waals surface area contributed by atoms with Gasteiger partial charge in [-0.3, -0.25) is 4.90 Å². The van der Waals surface area contributed by atoms with Gasteiger partial charge in [0.15, 0.2) is 0 Å². The molecular weight excluding hydrogens is 278 g/mol. The molecule has 0 radical (unpaired) electrons. The molecule has 0 amide bonds. The van der Waals surface area contributed by atoms with Crippen LogP contribution in [0.15, 0.2) is 0 Å². The van der Waals surface area contributed by atoms with Crippen molar-refractivity contribution in [2.24, 2.45) is 0 Å². The summed E-state index contributed by atoms with van der Waals surface area (Å²) in [5.74, 6) is 0. The van der Waals surface area contributed by atoms with Gasteiger partial charge in [-0.25, -0.2) is 0 Å². The van der Waals surface area contributed by atoms with Crippen LogP contribution in [0.1, 0.15) is 0 Å². The van der Waals surface area contributed by atoms with Crippen molar-refractivity contribution in [2.45, 2.75) is 0 Å². The third-order valence-electron chi connectivity index (χ3n) is 4.26. The molecule has 0 saturated carbocycles. The molecule has 0 aromatic rings. The van der Waals surface area contributed by atoms with E-state index in [0.717, 1.165) is 50.3 Å². The highest BCUT2D eigenvalue weighted by Gasteiger charge is 2.15. The van der Waals surface area contributed by atoms with Crippen LogP contribution < -0.4 is 5.32 Å². The van der Waals surface area contributed by atoms with E-state index in [1.54, 1.807) is 0 Å². The average Bonchev–Trinajstić information content (AvgIpc) is 2.47. The van der Waals surface area contributed by atoms with Crippen LogP contribution >= 0.6 is 0 Å². The molecule has 0 unspecified atom stereocenters. The van der Waals surface area contributed by atoms with Gasteiger partial charge in [0.05, 0.1) is 33.8 Å². The zero-order chi connectivity index (χ0) is 17.0. The minimum atomic E-state index is 0.241. The molecule has 0 aliphatic carbocycles. The van der Waals surface area contributed by atoms with E-state index in [0.29, 0.717) is 0 Å². The molecule has 22 heavy (non-hydrogen) atoms. The van der Waals surface area contributed by atoms with Crippen molar-refractivity contribution in [1.29, 1.82) is 0 Å². The fourth-order valence-electron chi connectivity index (χ4n) is 2.16. The van der Waals surface area contributed by atoms with Gasteiger partial charge in [-0.15, -0.1) is 0 Å². The molecule has 0 aromatic heterocycles. The lowest BCUT2D eigenvalue weighted by molar-refractivity contribution is -0.888. The minimum Gasteiger partial charge on any atom is -0.395 e. The molecule has 0 rings (SSSR count). The Labute approximate surface area is 138 Å². The Balaban J connectivity index is 3.77. The molecule has 0 spiro atoms. The number of aliphatic hydroxyl groups is 1. The van der Waals surface area contributed by atoms with Gasteiger partial charge in [-0.1, -0.05) is 0 Å². The summed E-state index contributed by atoms with van der Waals surface area (Å²) in [7, 11) is 13.1. The number of hydrogen-bond donors (Lipinski definition) is 2. The number of nitrogens with zero attached hydrogens (tertiary/aromatic N) is 4. The lowest BCUT2D eigenvalue weighted by Gasteiger charge is -2.32. The second-order valence-electron chi connectivity index (χ2n) is 7.12. The predicted molar refractivity (Wildman–Crippen MR) is 95.3 cm³/mol. The van der Waals surface area contributed by atoms with E-state index in [9.17, 15) is 0 Å². The van der Waals surface area contributed by atoms with Crippen molar-refractivity contribution in [3.8, 4) is 0 Å². The van der Waals surface area contributed by atoms with E-state index in [1.165, 1.54) is 13.1 Å². The van der Waals surface area contributed by atoms with Crippen LogP contribution in [0, 0.1) is 0 Å². The molecule has 6 heteroatoms. The van der Waals surface area contributed by atoms with Crippen LogP contribution in [0.5, 0.6) is 0 Å². The zero-order valence-corrected chi connectivity index (χ0v) is 15.8. The first-order valence-electron chi connectivity index (χ1n) is 8.44. The van der Waals surface area contributed by atoms with Gasteiger partial charge in [0.2, 0.25) is 0 Å². The minimum absolute atomic E-state index is 0.241. The highest BCUT2D eigenvalue weighted by atomic mass is 16.3. The Morgan fingerprint density at radius 1 is 0.773 bits per heavy atom. The van der Waals surface area contributed by atoms with Crippen LogP contribution in [0.2, 0.25) is 0 Å². The normalized spacial score (nSPS) is 12.8. The molecule has 0 saturated heterocycles. The molecule has 0 bridgehead atoms. The fourth-order valence-corrected chi connectivity index (χ4v) is 2.16. The summed E-state index contributed by atoms with van der Waals surface area (Å²) in [5, 5.41) is 12.1. The highest BCUT2D eigenvalue weighted by molar-refractivity contribution is 4.60. The number of likely N-dealkylation sites (N-methyl/N-ethyl adjacent to an activating group) is 5. The Bertz CT molecular complexity index is 263. The molecule has 134 valence electrons. The Kier molecular flexibility index (Phi) is 12.1. The smallest absolute Gasteiger partial charge is 0.0912 e.